The lowest BCUT2D eigenvalue weighted by Gasteiger charge is -2.38. The Balaban J connectivity index is 1.58. The van der Waals surface area contributed by atoms with Crippen molar-refractivity contribution in [3.63, 3.8) is 0 Å². The Morgan fingerprint density at radius 3 is 2.25 bits per heavy atom. The van der Waals surface area contributed by atoms with Crippen LogP contribution in [0.1, 0.15) is 31.2 Å². The fourth-order valence-electron chi connectivity index (χ4n) is 3.37. The summed E-state index contributed by atoms with van der Waals surface area (Å²) in [6.07, 6.45) is 5.26. The lowest BCUT2D eigenvalue weighted by molar-refractivity contribution is 0.0863. The second-order valence-electron chi connectivity index (χ2n) is 6.19. The Morgan fingerprint density at radius 2 is 1.65 bits per heavy atom. The molecule has 1 saturated carbocycles. The summed E-state index contributed by atoms with van der Waals surface area (Å²) in [5.74, 6) is 0. The Kier molecular flexibility index (Phi) is 4.71. The molecule has 0 aromatic heterocycles. The zero-order valence-corrected chi connectivity index (χ0v) is 12.2. The Morgan fingerprint density at radius 1 is 1.00 bits per heavy atom. The van der Waals surface area contributed by atoms with Crippen molar-refractivity contribution in [1.82, 2.24) is 9.80 Å². The maximum absolute atomic E-state index is 9.03. The molecule has 1 aromatic rings. The highest BCUT2D eigenvalue weighted by atomic mass is 16.3. The molecule has 1 aromatic carbocycles. The summed E-state index contributed by atoms with van der Waals surface area (Å²) in [7, 11) is 0. The van der Waals surface area contributed by atoms with Gasteiger partial charge in [0.1, 0.15) is 0 Å². The van der Waals surface area contributed by atoms with Crippen LogP contribution in [0, 0.1) is 0 Å². The van der Waals surface area contributed by atoms with Crippen molar-refractivity contribution < 1.29 is 5.11 Å². The summed E-state index contributed by atoms with van der Waals surface area (Å²) in [5, 5.41) is 9.03. The van der Waals surface area contributed by atoms with Gasteiger partial charge in [-0.15, -0.1) is 0 Å². The molecule has 110 valence electrons. The van der Waals surface area contributed by atoms with Crippen molar-refractivity contribution in [3.8, 4) is 0 Å². The van der Waals surface area contributed by atoms with Gasteiger partial charge in [-0.1, -0.05) is 30.3 Å². The van der Waals surface area contributed by atoms with Crippen LogP contribution in [0.25, 0.3) is 0 Å². The lowest BCUT2D eigenvalue weighted by atomic mass is 10.0. The van der Waals surface area contributed by atoms with Crippen molar-refractivity contribution in [2.24, 2.45) is 0 Å². The van der Waals surface area contributed by atoms with E-state index in [1.807, 2.05) is 0 Å². The molecule has 0 bridgehead atoms. The zero-order valence-electron chi connectivity index (χ0n) is 12.2. The molecular formula is C17H26N2O. The predicted molar refractivity (Wildman–Crippen MR) is 81.6 cm³/mol. The van der Waals surface area contributed by atoms with E-state index in [1.54, 1.807) is 0 Å². The van der Waals surface area contributed by atoms with Gasteiger partial charge in [0.25, 0.3) is 0 Å². The summed E-state index contributed by atoms with van der Waals surface area (Å²) in [6, 6.07) is 12.4. The van der Waals surface area contributed by atoms with Gasteiger partial charge in [-0.2, -0.15) is 0 Å². The molecule has 0 amide bonds. The van der Waals surface area contributed by atoms with Gasteiger partial charge in [-0.05, 0) is 44.3 Å². The van der Waals surface area contributed by atoms with Crippen molar-refractivity contribution in [2.45, 2.75) is 44.3 Å². The van der Waals surface area contributed by atoms with E-state index in [-0.39, 0.29) is 0 Å². The van der Waals surface area contributed by atoms with Crippen LogP contribution in [0.3, 0.4) is 0 Å². The Hall–Kier alpha value is -0.900. The number of β-amino-alcohol motifs (C(OH)–C–C–N with tert-alkyl or cyclic N) is 1. The summed E-state index contributed by atoms with van der Waals surface area (Å²) in [4.78, 5) is 5.13. The molecule has 1 aliphatic carbocycles. The molecule has 1 N–H and O–H groups in total. The molecule has 0 unspecified atom stereocenters. The van der Waals surface area contributed by atoms with Gasteiger partial charge in [0, 0.05) is 25.2 Å². The minimum Gasteiger partial charge on any atom is -0.395 e. The highest BCUT2D eigenvalue weighted by Crippen LogP contribution is 2.33. The first kappa shape index (κ1) is 14.1. The van der Waals surface area contributed by atoms with Gasteiger partial charge in [0.2, 0.25) is 0 Å². The molecule has 20 heavy (non-hydrogen) atoms. The van der Waals surface area contributed by atoms with Crippen LogP contribution in [-0.4, -0.2) is 53.2 Å². The Labute approximate surface area is 122 Å². The van der Waals surface area contributed by atoms with E-state index >= 15 is 0 Å². The number of aliphatic hydroxyl groups is 1. The maximum Gasteiger partial charge on any atom is 0.0558 e. The third-order valence-corrected chi connectivity index (χ3v) is 4.67. The van der Waals surface area contributed by atoms with Crippen LogP contribution >= 0.6 is 0 Å². The number of piperidine rings is 1. The highest BCUT2D eigenvalue weighted by molar-refractivity contribution is 5.15. The van der Waals surface area contributed by atoms with Crippen LogP contribution < -0.4 is 0 Å². The molecule has 0 radical (unpaired) electrons. The first-order valence-electron chi connectivity index (χ1n) is 7.99. The summed E-state index contributed by atoms with van der Waals surface area (Å²) in [5.41, 5.74) is 1.44. The fraction of sp³-hybridized carbons (Fsp3) is 0.647. The van der Waals surface area contributed by atoms with E-state index in [4.69, 9.17) is 5.11 Å². The molecule has 2 fully saturated rings. The van der Waals surface area contributed by atoms with E-state index in [1.165, 1.54) is 31.2 Å². The lowest BCUT2D eigenvalue weighted by Crippen LogP contribution is -2.46. The minimum atomic E-state index is 0.293. The molecule has 3 nitrogen and oxygen atoms in total. The molecule has 1 aliphatic heterocycles. The highest BCUT2D eigenvalue weighted by Gasteiger charge is 2.35. The van der Waals surface area contributed by atoms with Gasteiger partial charge in [0.05, 0.1) is 6.61 Å². The number of rotatable bonds is 6. The van der Waals surface area contributed by atoms with Gasteiger partial charge < -0.3 is 10.0 Å². The predicted octanol–water partition coefficient (Wildman–Crippen LogP) is 2.11. The van der Waals surface area contributed by atoms with E-state index in [2.05, 4.69) is 40.1 Å². The smallest absolute Gasteiger partial charge is 0.0558 e. The standard InChI is InChI=1S/C17H26N2O/c20-13-12-18-10-8-17(9-11-18)19(16-6-7-16)14-15-4-2-1-3-5-15/h1-5,16-17,20H,6-14H2. The summed E-state index contributed by atoms with van der Waals surface area (Å²) in [6.45, 7) is 4.53. The monoisotopic (exact) mass is 274 g/mol. The summed E-state index contributed by atoms with van der Waals surface area (Å²) < 4.78 is 0. The van der Waals surface area contributed by atoms with Crippen molar-refractivity contribution in [1.29, 1.82) is 0 Å². The van der Waals surface area contributed by atoms with E-state index < -0.39 is 0 Å². The molecule has 1 heterocycles. The molecule has 0 atom stereocenters. The van der Waals surface area contributed by atoms with E-state index in [9.17, 15) is 0 Å². The van der Waals surface area contributed by atoms with Crippen LogP contribution in [0.5, 0.6) is 0 Å². The zero-order chi connectivity index (χ0) is 13.8. The van der Waals surface area contributed by atoms with Crippen LogP contribution in [0.15, 0.2) is 30.3 Å². The molecule has 1 saturated heterocycles. The molecule has 2 aliphatic rings. The minimum absolute atomic E-state index is 0.293. The van der Waals surface area contributed by atoms with E-state index in [0.717, 1.165) is 38.3 Å². The number of hydrogen-bond donors (Lipinski definition) is 1. The number of aliphatic hydroxyl groups excluding tert-OH is 1. The number of nitrogens with zero attached hydrogens (tertiary/aromatic N) is 2. The van der Waals surface area contributed by atoms with Crippen molar-refractivity contribution >= 4 is 0 Å². The first-order chi connectivity index (χ1) is 9.86. The van der Waals surface area contributed by atoms with Gasteiger partial charge in [-0.25, -0.2) is 0 Å². The van der Waals surface area contributed by atoms with E-state index in [0.29, 0.717) is 6.61 Å². The normalized spacial score (nSPS) is 21.5. The van der Waals surface area contributed by atoms with Crippen LogP contribution in [0.4, 0.5) is 0 Å². The van der Waals surface area contributed by atoms with Crippen LogP contribution in [-0.2, 0) is 6.54 Å². The molecule has 3 rings (SSSR count). The second kappa shape index (κ2) is 6.70. The summed E-state index contributed by atoms with van der Waals surface area (Å²) >= 11 is 0. The van der Waals surface area contributed by atoms with Crippen molar-refractivity contribution in [2.75, 3.05) is 26.2 Å². The average molecular weight is 274 g/mol. The van der Waals surface area contributed by atoms with Crippen molar-refractivity contribution in [3.05, 3.63) is 35.9 Å². The quantitative estimate of drug-likeness (QED) is 0.860. The third kappa shape index (κ3) is 3.60. The first-order valence-corrected chi connectivity index (χ1v) is 7.99. The van der Waals surface area contributed by atoms with Crippen LogP contribution in [0.2, 0.25) is 0 Å². The van der Waals surface area contributed by atoms with Gasteiger partial charge >= 0.3 is 0 Å². The SMILES string of the molecule is OCCN1CCC(N(Cc2ccccc2)C2CC2)CC1. The number of hydrogen-bond acceptors (Lipinski definition) is 3. The van der Waals surface area contributed by atoms with Gasteiger partial charge in [0.15, 0.2) is 0 Å². The third-order valence-electron chi connectivity index (χ3n) is 4.67. The fourth-order valence-corrected chi connectivity index (χ4v) is 3.37. The average Bonchev–Trinajstić information content (AvgIpc) is 3.32. The topological polar surface area (TPSA) is 26.7 Å². The second-order valence-corrected chi connectivity index (χ2v) is 6.19. The number of likely N-dealkylation sites (tertiary alicyclic amines) is 1. The molecular weight excluding hydrogens is 248 g/mol. The Bertz CT molecular complexity index is 397. The number of benzene rings is 1. The maximum atomic E-state index is 9.03. The van der Waals surface area contributed by atoms with Gasteiger partial charge in [-0.3, -0.25) is 4.90 Å². The molecule has 0 spiro atoms. The molecule has 3 heteroatoms. The largest absolute Gasteiger partial charge is 0.395 e.